The molecule has 2 heterocycles. The second-order valence-electron chi connectivity index (χ2n) is 4.45. The van der Waals surface area contributed by atoms with Crippen LogP contribution < -0.4 is 0 Å². The molecular weight excluding hydrogens is 232 g/mol. The van der Waals surface area contributed by atoms with Crippen LogP contribution >= 0.6 is 11.3 Å². The fraction of sp³-hybridized carbons (Fsp3) is 0.357. The van der Waals surface area contributed by atoms with Crippen LogP contribution in [0.1, 0.15) is 38.7 Å². The van der Waals surface area contributed by atoms with Gasteiger partial charge in [-0.05, 0) is 49.4 Å². The lowest BCUT2D eigenvalue weighted by atomic mass is 9.99. The van der Waals surface area contributed by atoms with Crippen LogP contribution in [0.4, 0.5) is 0 Å². The van der Waals surface area contributed by atoms with Gasteiger partial charge in [0.2, 0.25) is 0 Å². The fourth-order valence-corrected chi connectivity index (χ4v) is 3.48. The molecule has 2 aromatic heterocycles. The smallest absolute Gasteiger partial charge is 0.180 e. The molecule has 88 valence electrons. The highest BCUT2D eigenvalue weighted by Crippen LogP contribution is 2.30. The van der Waals surface area contributed by atoms with Gasteiger partial charge in [-0.3, -0.25) is 4.79 Å². The first-order valence-electron chi connectivity index (χ1n) is 6.00. The van der Waals surface area contributed by atoms with Gasteiger partial charge in [0, 0.05) is 4.88 Å². The topological polar surface area (TPSA) is 30.2 Å². The maximum atomic E-state index is 12.1. The molecule has 0 aliphatic heterocycles. The monoisotopic (exact) mass is 246 g/mol. The molecule has 2 aromatic rings. The Morgan fingerprint density at radius 2 is 2.24 bits per heavy atom. The summed E-state index contributed by atoms with van der Waals surface area (Å²) in [6.45, 7) is 0. The molecule has 17 heavy (non-hydrogen) atoms. The third kappa shape index (κ3) is 2.20. The zero-order valence-electron chi connectivity index (χ0n) is 9.57. The molecular formula is C14H14O2S. The molecule has 0 amide bonds. The highest BCUT2D eigenvalue weighted by Gasteiger charge is 2.17. The van der Waals surface area contributed by atoms with Crippen LogP contribution in [-0.2, 0) is 19.3 Å². The van der Waals surface area contributed by atoms with Crippen molar-refractivity contribution >= 4 is 17.1 Å². The van der Waals surface area contributed by atoms with E-state index in [4.69, 9.17) is 4.42 Å². The van der Waals surface area contributed by atoms with Gasteiger partial charge < -0.3 is 4.42 Å². The van der Waals surface area contributed by atoms with Crippen molar-refractivity contribution in [3.63, 3.8) is 0 Å². The number of furan rings is 1. The van der Waals surface area contributed by atoms with Gasteiger partial charge in [0.25, 0.3) is 0 Å². The van der Waals surface area contributed by atoms with E-state index in [1.54, 1.807) is 17.6 Å². The number of carbonyl (C=O) groups excluding carboxylic acids is 1. The fourth-order valence-electron chi connectivity index (χ4n) is 2.29. The number of rotatable bonds is 3. The van der Waals surface area contributed by atoms with Crippen molar-refractivity contribution in [3.8, 4) is 0 Å². The Morgan fingerprint density at radius 3 is 3.00 bits per heavy atom. The predicted octanol–water partition coefficient (Wildman–Crippen LogP) is 3.65. The average Bonchev–Trinajstić information content (AvgIpc) is 2.96. The minimum atomic E-state index is 0.180. The third-order valence-corrected chi connectivity index (χ3v) is 4.46. The van der Waals surface area contributed by atoms with Crippen molar-refractivity contribution < 1.29 is 9.21 Å². The number of aryl methyl sites for hydroxylation is 2. The largest absolute Gasteiger partial charge is 0.469 e. The van der Waals surface area contributed by atoms with E-state index in [9.17, 15) is 4.79 Å². The minimum Gasteiger partial charge on any atom is -0.469 e. The second-order valence-corrected chi connectivity index (χ2v) is 5.58. The molecule has 0 spiro atoms. The van der Waals surface area contributed by atoms with Crippen LogP contribution in [0.3, 0.4) is 0 Å². The molecule has 0 unspecified atom stereocenters. The summed E-state index contributed by atoms with van der Waals surface area (Å²) in [7, 11) is 0. The molecule has 1 aliphatic rings. The Hall–Kier alpha value is -1.35. The molecule has 0 radical (unpaired) electrons. The van der Waals surface area contributed by atoms with Crippen LogP contribution in [0.25, 0.3) is 0 Å². The lowest BCUT2D eigenvalue weighted by Crippen LogP contribution is -1.99. The van der Waals surface area contributed by atoms with E-state index in [1.807, 2.05) is 12.1 Å². The zero-order chi connectivity index (χ0) is 11.7. The lowest BCUT2D eigenvalue weighted by molar-refractivity contribution is 0.0991. The van der Waals surface area contributed by atoms with Crippen LogP contribution in [0.2, 0.25) is 0 Å². The molecule has 2 nitrogen and oxygen atoms in total. The van der Waals surface area contributed by atoms with Gasteiger partial charge in [-0.1, -0.05) is 0 Å². The van der Waals surface area contributed by atoms with E-state index in [2.05, 4.69) is 6.07 Å². The lowest BCUT2D eigenvalue weighted by Gasteiger charge is -2.08. The summed E-state index contributed by atoms with van der Waals surface area (Å²) in [5.41, 5.74) is 1.39. The van der Waals surface area contributed by atoms with E-state index >= 15 is 0 Å². The molecule has 0 aromatic carbocycles. The Bertz CT molecular complexity index is 499. The maximum absolute atomic E-state index is 12.1. The summed E-state index contributed by atoms with van der Waals surface area (Å²) in [6.07, 6.45) is 6.80. The highest BCUT2D eigenvalue weighted by molar-refractivity contribution is 7.14. The summed E-state index contributed by atoms with van der Waals surface area (Å²) in [5.74, 6) is 0.931. The summed E-state index contributed by atoms with van der Waals surface area (Å²) in [5, 5.41) is 0. The SMILES string of the molecule is O=C(Cc1ccco1)c1cc2c(s1)CCCC2. The third-order valence-electron chi connectivity index (χ3n) is 3.19. The molecule has 0 N–H and O–H groups in total. The first kappa shape index (κ1) is 10.8. The minimum absolute atomic E-state index is 0.180. The van der Waals surface area contributed by atoms with E-state index in [1.165, 1.54) is 23.3 Å². The quantitative estimate of drug-likeness (QED) is 0.774. The van der Waals surface area contributed by atoms with E-state index < -0.39 is 0 Å². The van der Waals surface area contributed by atoms with Gasteiger partial charge in [-0.15, -0.1) is 11.3 Å². The number of hydrogen-bond donors (Lipinski definition) is 0. The van der Waals surface area contributed by atoms with Gasteiger partial charge in [0.05, 0.1) is 17.6 Å². The molecule has 0 fully saturated rings. The normalized spacial score (nSPS) is 14.6. The number of hydrogen-bond acceptors (Lipinski definition) is 3. The first-order valence-corrected chi connectivity index (χ1v) is 6.82. The van der Waals surface area contributed by atoms with Crippen LogP contribution in [-0.4, -0.2) is 5.78 Å². The van der Waals surface area contributed by atoms with Crippen LogP contribution in [0.5, 0.6) is 0 Å². The standard InChI is InChI=1S/C14H14O2S/c15-12(9-11-5-3-7-16-11)14-8-10-4-1-2-6-13(10)17-14/h3,5,7-8H,1-2,4,6,9H2. The number of carbonyl (C=O) groups is 1. The second kappa shape index (κ2) is 4.49. The summed E-state index contributed by atoms with van der Waals surface area (Å²) >= 11 is 1.67. The molecule has 0 bridgehead atoms. The Kier molecular flexibility index (Phi) is 2.85. The zero-order valence-corrected chi connectivity index (χ0v) is 10.4. The Morgan fingerprint density at radius 1 is 1.35 bits per heavy atom. The summed E-state index contributed by atoms with van der Waals surface area (Å²) < 4.78 is 5.21. The van der Waals surface area contributed by atoms with Crippen molar-refractivity contribution in [3.05, 3.63) is 45.5 Å². The number of thiophene rings is 1. The van der Waals surface area contributed by atoms with Gasteiger partial charge in [-0.2, -0.15) is 0 Å². The number of Topliss-reactive ketones (excluding diaryl/α,β-unsaturated/α-hetero) is 1. The van der Waals surface area contributed by atoms with Crippen molar-refractivity contribution in [2.45, 2.75) is 32.1 Å². The van der Waals surface area contributed by atoms with E-state index in [0.717, 1.165) is 23.5 Å². The Balaban J connectivity index is 1.79. The predicted molar refractivity (Wildman–Crippen MR) is 67.7 cm³/mol. The van der Waals surface area contributed by atoms with Gasteiger partial charge in [0.1, 0.15) is 5.76 Å². The average molecular weight is 246 g/mol. The number of fused-ring (bicyclic) bond motifs is 1. The van der Waals surface area contributed by atoms with Crippen molar-refractivity contribution in [2.75, 3.05) is 0 Å². The molecule has 0 saturated carbocycles. The van der Waals surface area contributed by atoms with Gasteiger partial charge >= 0.3 is 0 Å². The number of ketones is 1. The molecule has 0 atom stereocenters. The van der Waals surface area contributed by atoms with Crippen molar-refractivity contribution in [1.29, 1.82) is 0 Å². The molecule has 3 rings (SSSR count). The summed E-state index contributed by atoms with van der Waals surface area (Å²) in [4.78, 5) is 14.4. The van der Waals surface area contributed by atoms with Crippen LogP contribution in [0, 0.1) is 0 Å². The molecule has 1 aliphatic carbocycles. The van der Waals surface area contributed by atoms with E-state index in [-0.39, 0.29) is 5.78 Å². The van der Waals surface area contributed by atoms with Crippen molar-refractivity contribution in [1.82, 2.24) is 0 Å². The summed E-state index contributed by atoms with van der Waals surface area (Å²) in [6, 6.07) is 5.76. The maximum Gasteiger partial charge on any atom is 0.180 e. The Labute approximate surface area is 104 Å². The molecule has 0 saturated heterocycles. The van der Waals surface area contributed by atoms with Gasteiger partial charge in [0.15, 0.2) is 5.78 Å². The van der Waals surface area contributed by atoms with Gasteiger partial charge in [-0.25, -0.2) is 0 Å². The first-order chi connectivity index (χ1) is 8.33. The van der Waals surface area contributed by atoms with E-state index in [0.29, 0.717) is 6.42 Å². The van der Waals surface area contributed by atoms with Crippen molar-refractivity contribution in [2.24, 2.45) is 0 Å². The molecule has 3 heteroatoms. The highest BCUT2D eigenvalue weighted by atomic mass is 32.1. The van der Waals surface area contributed by atoms with Crippen LogP contribution in [0.15, 0.2) is 28.9 Å².